The zero-order chi connectivity index (χ0) is 10.5. The van der Waals surface area contributed by atoms with Gasteiger partial charge in [0, 0.05) is 12.6 Å². The van der Waals surface area contributed by atoms with Crippen LogP contribution in [0.3, 0.4) is 0 Å². The number of hydrogen-bond donors (Lipinski definition) is 1. The fourth-order valence-electron chi connectivity index (χ4n) is 1.74. The van der Waals surface area contributed by atoms with Crippen LogP contribution in [0.15, 0.2) is 18.2 Å². The monoisotopic (exact) mass is 195 g/mol. The first kappa shape index (κ1) is 9.15. The van der Waals surface area contributed by atoms with Crippen molar-refractivity contribution >= 4 is 11.6 Å². The predicted molar refractivity (Wildman–Crippen MR) is 49.4 cm³/mol. The molecule has 74 valence electrons. The van der Waals surface area contributed by atoms with Gasteiger partial charge < -0.3 is 10.0 Å². The van der Waals surface area contributed by atoms with E-state index in [1.165, 1.54) is 30.0 Å². The lowest BCUT2D eigenvalue weighted by Crippen LogP contribution is -2.35. The highest BCUT2D eigenvalue weighted by Gasteiger charge is 2.44. The molecule has 0 fully saturated rings. The Hall–Kier alpha value is -1.42. The Balaban J connectivity index is 2.69. The number of carbonyl (C=O) groups excluding carboxylic acids is 1. The van der Waals surface area contributed by atoms with Crippen LogP contribution < -0.4 is 4.90 Å². The van der Waals surface area contributed by atoms with Crippen molar-refractivity contribution in [3.05, 3.63) is 29.6 Å². The highest BCUT2D eigenvalue weighted by Crippen LogP contribution is 2.39. The minimum absolute atomic E-state index is 0.324. The van der Waals surface area contributed by atoms with Gasteiger partial charge in [-0.15, -0.1) is 0 Å². The predicted octanol–water partition coefficient (Wildman–Crippen LogP) is 1.01. The van der Waals surface area contributed by atoms with Gasteiger partial charge in [-0.05, 0) is 25.1 Å². The molecule has 1 atom stereocenters. The molecule has 1 heterocycles. The number of anilines is 1. The van der Waals surface area contributed by atoms with Gasteiger partial charge in [-0.1, -0.05) is 0 Å². The summed E-state index contributed by atoms with van der Waals surface area (Å²) in [5.74, 6) is -0.884. The Kier molecular flexibility index (Phi) is 1.66. The first-order valence-corrected chi connectivity index (χ1v) is 4.25. The average Bonchev–Trinajstić information content (AvgIpc) is 2.29. The third-order valence-corrected chi connectivity index (χ3v) is 2.57. The zero-order valence-corrected chi connectivity index (χ0v) is 7.91. The van der Waals surface area contributed by atoms with Crippen molar-refractivity contribution in [3.63, 3.8) is 0 Å². The third kappa shape index (κ3) is 0.974. The van der Waals surface area contributed by atoms with Crippen LogP contribution in [-0.2, 0) is 10.4 Å². The number of fused-ring (bicyclic) bond motifs is 1. The summed E-state index contributed by atoms with van der Waals surface area (Å²) < 4.78 is 12.9. The Morgan fingerprint density at radius 1 is 1.50 bits per heavy atom. The van der Waals surface area contributed by atoms with Crippen LogP contribution in [0.2, 0.25) is 0 Å². The van der Waals surface area contributed by atoms with Crippen LogP contribution in [0.5, 0.6) is 0 Å². The van der Waals surface area contributed by atoms with Crippen LogP contribution in [-0.4, -0.2) is 18.1 Å². The van der Waals surface area contributed by atoms with E-state index in [1.807, 2.05) is 0 Å². The molecule has 0 radical (unpaired) electrons. The standard InChI is InChI=1S/C10H10FNO2/c1-10(14)7-5-6(11)3-4-8(7)12(2)9(10)13/h3-5,14H,1-2H3. The molecule has 0 aliphatic carbocycles. The average molecular weight is 195 g/mol. The number of nitrogens with zero attached hydrogens (tertiary/aromatic N) is 1. The molecule has 0 aromatic heterocycles. The first-order chi connectivity index (χ1) is 6.44. The maximum Gasteiger partial charge on any atom is 0.263 e. The minimum atomic E-state index is -1.60. The summed E-state index contributed by atoms with van der Waals surface area (Å²) in [7, 11) is 1.56. The molecule has 0 spiro atoms. The molecule has 4 heteroatoms. The molecule has 3 nitrogen and oxygen atoms in total. The number of rotatable bonds is 0. The van der Waals surface area contributed by atoms with Crippen molar-refractivity contribution in [1.29, 1.82) is 0 Å². The van der Waals surface area contributed by atoms with Crippen LogP contribution in [0.25, 0.3) is 0 Å². The van der Waals surface area contributed by atoms with Crippen LogP contribution >= 0.6 is 0 Å². The van der Waals surface area contributed by atoms with E-state index >= 15 is 0 Å². The molecule has 14 heavy (non-hydrogen) atoms. The second-order valence-corrected chi connectivity index (χ2v) is 3.60. The van der Waals surface area contributed by atoms with E-state index in [9.17, 15) is 14.3 Å². The molecule has 0 saturated heterocycles. The van der Waals surface area contributed by atoms with Crippen LogP contribution in [0.1, 0.15) is 12.5 Å². The van der Waals surface area contributed by atoms with Gasteiger partial charge in [0.25, 0.3) is 5.91 Å². The summed E-state index contributed by atoms with van der Waals surface area (Å²) >= 11 is 0. The lowest BCUT2D eigenvalue weighted by molar-refractivity contribution is -0.133. The van der Waals surface area contributed by atoms with E-state index in [4.69, 9.17) is 0 Å². The number of aliphatic hydroxyl groups is 1. The second-order valence-electron chi connectivity index (χ2n) is 3.60. The lowest BCUT2D eigenvalue weighted by atomic mass is 9.98. The number of halogens is 1. The smallest absolute Gasteiger partial charge is 0.263 e. The summed E-state index contributed by atoms with van der Waals surface area (Å²) in [4.78, 5) is 12.9. The lowest BCUT2D eigenvalue weighted by Gasteiger charge is -2.15. The number of benzene rings is 1. The van der Waals surface area contributed by atoms with Gasteiger partial charge in [0.15, 0.2) is 5.60 Å². The van der Waals surface area contributed by atoms with Crippen molar-refractivity contribution < 1.29 is 14.3 Å². The third-order valence-electron chi connectivity index (χ3n) is 2.57. The first-order valence-electron chi connectivity index (χ1n) is 4.25. The zero-order valence-electron chi connectivity index (χ0n) is 7.91. The molecular weight excluding hydrogens is 185 g/mol. The fourth-order valence-corrected chi connectivity index (χ4v) is 1.74. The Morgan fingerprint density at radius 3 is 2.79 bits per heavy atom. The molecule has 1 aromatic carbocycles. The number of carbonyl (C=O) groups is 1. The van der Waals surface area contributed by atoms with Gasteiger partial charge >= 0.3 is 0 Å². The van der Waals surface area contributed by atoms with Gasteiger partial charge in [0.05, 0.1) is 5.69 Å². The van der Waals surface area contributed by atoms with E-state index in [0.29, 0.717) is 11.3 Å². The maximum atomic E-state index is 12.9. The maximum absolute atomic E-state index is 12.9. The van der Waals surface area contributed by atoms with Gasteiger partial charge in [-0.2, -0.15) is 0 Å². The van der Waals surface area contributed by atoms with E-state index in [0.717, 1.165) is 0 Å². The Bertz CT molecular complexity index is 415. The number of likely N-dealkylation sites (N-methyl/N-ethyl adjacent to an activating group) is 1. The highest BCUT2D eigenvalue weighted by molar-refractivity contribution is 6.06. The van der Waals surface area contributed by atoms with Crippen LogP contribution in [0.4, 0.5) is 10.1 Å². The highest BCUT2D eigenvalue weighted by atomic mass is 19.1. The van der Waals surface area contributed by atoms with Gasteiger partial charge in [0.1, 0.15) is 5.82 Å². The van der Waals surface area contributed by atoms with Crippen molar-refractivity contribution in [2.45, 2.75) is 12.5 Å². The fraction of sp³-hybridized carbons (Fsp3) is 0.300. The quantitative estimate of drug-likeness (QED) is 0.671. The second kappa shape index (κ2) is 2.54. The molecule has 2 rings (SSSR count). The molecule has 1 aliphatic rings. The van der Waals surface area contributed by atoms with Crippen molar-refractivity contribution in [1.82, 2.24) is 0 Å². The summed E-state index contributed by atoms with van der Waals surface area (Å²) in [6.07, 6.45) is 0. The molecule has 0 bridgehead atoms. The number of amides is 1. The van der Waals surface area contributed by atoms with Gasteiger partial charge in [-0.25, -0.2) is 4.39 Å². The SMILES string of the molecule is CN1C(=O)C(C)(O)c2cc(F)ccc21. The van der Waals surface area contributed by atoms with Crippen molar-refractivity contribution in [3.8, 4) is 0 Å². The molecule has 1 aliphatic heterocycles. The molecular formula is C10H10FNO2. The van der Waals surface area contributed by atoms with Crippen LogP contribution in [0, 0.1) is 5.82 Å². The molecule has 1 amide bonds. The number of hydrogen-bond acceptors (Lipinski definition) is 2. The molecule has 1 N–H and O–H groups in total. The van der Waals surface area contributed by atoms with E-state index in [1.54, 1.807) is 7.05 Å². The molecule has 1 unspecified atom stereocenters. The Morgan fingerprint density at radius 2 is 2.14 bits per heavy atom. The van der Waals surface area contributed by atoms with E-state index < -0.39 is 17.3 Å². The Labute approximate surface area is 80.8 Å². The topological polar surface area (TPSA) is 40.5 Å². The van der Waals surface area contributed by atoms with Crippen molar-refractivity contribution in [2.75, 3.05) is 11.9 Å². The minimum Gasteiger partial charge on any atom is -0.375 e. The van der Waals surface area contributed by atoms with E-state index in [-0.39, 0.29) is 0 Å². The van der Waals surface area contributed by atoms with E-state index in [2.05, 4.69) is 0 Å². The summed E-state index contributed by atoms with van der Waals surface area (Å²) in [5.41, 5.74) is -0.724. The normalized spacial score (nSPS) is 25.4. The summed E-state index contributed by atoms with van der Waals surface area (Å²) in [6, 6.07) is 3.95. The summed E-state index contributed by atoms with van der Waals surface area (Å²) in [6.45, 7) is 1.37. The molecule has 0 saturated carbocycles. The van der Waals surface area contributed by atoms with Gasteiger partial charge in [0.2, 0.25) is 0 Å². The van der Waals surface area contributed by atoms with Gasteiger partial charge in [-0.3, -0.25) is 4.79 Å². The van der Waals surface area contributed by atoms with Crippen molar-refractivity contribution in [2.24, 2.45) is 0 Å². The summed E-state index contributed by atoms with van der Waals surface area (Å²) in [5, 5.41) is 9.85. The molecule has 1 aromatic rings. The largest absolute Gasteiger partial charge is 0.375 e.